The standard InChI is InChI=1S/C29H44N2O7.ClH/c1-27(2,3)17-23(32)37-21-12-11-19(16-22(21)38-24(33)18-28(4,5)6)15-20(25(34)36-7)31-26(35)29(30)13-9-8-10-14-29;/h11-12,16,20H,8-10,13-15,17-18,30H2,1-7H3,(H,31,35);1H/t20-;/m0./s1. The summed E-state index contributed by atoms with van der Waals surface area (Å²) in [6, 6.07) is 3.81. The van der Waals surface area contributed by atoms with Crippen LogP contribution in [-0.2, 0) is 30.3 Å². The van der Waals surface area contributed by atoms with E-state index in [9.17, 15) is 19.2 Å². The Morgan fingerprint density at radius 2 is 1.41 bits per heavy atom. The number of quaternary nitrogens is 1. The zero-order valence-corrected chi connectivity index (χ0v) is 25.2. The lowest BCUT2D eigenvalue weighted by Gasteiger charge is -2.30. The third-order valence-electron chi connectivity index (χ3n) is 6.33. The predicted molar refractivity (Wildman–Crippen MR) is 142 cm³/mol. The summed E-state index contributed by atoms with van der Waals surface area (Å²) in [5, 5.41) is 2.82. The Morgan fingerprint density at radius 3 is 1.90 bits per heavy atom. The fourth-order valence-electron chi connectivity index (χ4n) is 4.37. The van der Waals surface area contributed by atoms with Crippen molar-refractivity contribution >= 4 is 23.8 Å². The van der Waals surface area contributed by atoms with Crippen molar-refractivity contribution < 1.29 is 51.5 Å². The molecule has 1 fully saturated rings. The van der Waals surface area contributed by atoms with Crippen molar-refractivity contribution in [2.24, 2.45) is 10.8 Å². The van der Waals surface area contributed by atoms with Crippen molar-refractivity contribution in [3.05, 3.63) is 23.8 Å². The number of methoxy groups -OCH3 is 1. The molecular formula is C29H45ClN2O7. The Bertz CT molecular complexity index is 1020. The number of hydrogen-bond acceptors (Lipinski definition) is 7. The van der Waals surface area contributed by atoms with Gasteiger partial charge in [-0.05, 0) is 41.4 Å². The topological polar surface area (TPSA) is 136 Å². The van der Waals surface area contributed by atoms with Crippen molar-refractivity contribution in [3.8, 4) is 11.5 Å². The molecule has 0 unspecified atom stereocenters. The first-order valence-electron chi connectivity index (χ1n) is 13.3. The maximum absolute atomic E-state index is 13.1. The number of rotatable bonds is 9. The Hall–Kier alpha value is -2.65. The minimum atomic E-state index is -0.958. The summed E-state index contributed by atoms with van der Waals surface area (Å²) in [5.74, 6) is -1.61. The molecule has 1 atom stereocenters. The number of benzene rings is 1. The maximum Gasteiger partial charge on any atom is 0.328 e. The number of esters is 3. The van der Waals surface area contributed by atoms with E-state index >= 15 is 0 Å². The predicted octanol–water partition coefficient (Wildman–Crippen LogP) is 0.519. The molecule has 0 aromatic heterocycles. The zero-order valence-electron chi connectivity index (χ0n) is 24.4. The fraction of sp³-hybridized carbons (Fsp3) is 0.655. The maximum atomic E-state index is 13.1. The highest BCUT2D eigenvalue weighted by atomic mass is 35.5. The molecule has 4 N–H and O–H groups in total. The van der Waals surface area contributed by atoms with Crippen LogP contribution in [-0.4, -0.2) is 42.5 Å². The third kappa shape index (κ3) is 11.5. The van der Waals surface area contributed by atoms with Gasteiger partial charge in [-0.3, -0.25) is 14.4 Å². The molecule has 39 heavy (non-hydrogen) atoms. The van der Waals surface area contributed by atoms with Crippen molar-refractivity contribution in [2.45, 2.75) is 104 Å². The summed E-state index contributed by atoms with van der Waals surface area (Å²) in [5.41, 5.74) is 3.38. The molecule has 9 nitrogen and oxygen atoms in total. The zero-order chi connectivity index (χ0) is 28.7. The number of halogens is 1. The van der Waals surface area contributed by atoms with E-state index in [4.69, 9.17) is 14.2 Å². The fourth-order valence-corrected chi connectivity index (χ4v) is 4.37. The van der Waals surface area contributed by atoms with Crippen LogP contribution in [0.5, 0.6) is 11.5 Å². The Morgan fingerprint density at radius 1 is 0.897 bits per heavy atom. The smallest absolute Gasteiger partial charge is 0.328 e. The van der Waals surface area contributed by atoms with E-state index in [2.05, 4.69) is 11.1 Å². The number of hydrogen-bond donors (Lipinski definition) is 2. The van der Waals surface area contributed by atoms with Crippen LogP contribution in [0.4, 0.5) is 0 Å². The minimum absolute atomic E-state index is 0. The monoisotopic (exact) mass is 568 g/mol. The molecule has 1 amide bonds. The molecule has 1 aromatic carbocycles. The molecule has 1 aliphatic carbocycles. The van der Waals surface area contributed by atoms with Gasteiger partial charge in [0.05, 0.1) is 20.0 Å². The highest BCUT2D eigenvalue weighted by molar-refractivity contribution is 5.89. The number of carbonyl (C=O) groups excluding carboxylic acids is 4. The van der Waals surface area contributed by atoms with Crippen molar-refractivity contribution in [3.63, 3.8) is 0 Å². The van der Waals surface area contributed by atoms with Crippen LogP contribution >= 0.6 is 0 Å². The summed E-state index contributed by atoms with van der Waals surface area (Å²) >= 11 is 0. The van der Waals surface area contributed by atoms with Crippen molar-refractivity contribution in [1.29, 1.82) is 0 Å². The first-order valence-corrected chi connectivity index (χ1v) is 13.3. The minimum Gasteiger partial charge on any atom is -1.00 e. The molecule has 1 saturated carbocycles. The van der Waals surface area contributed by atoms with Crippen molar-refractivity contribution in [2.75, 3.05) is 7.11 Å². The van der Waals surface area contributed by atoms with Gasteiger partial charge in [0.15, 0.2) is 17.0 Å². The van der Waals surface area contributed by atoms with Gasteiger partial charge in [-0.1, -0.05) is 54.0 Å². The number of carbonyl (C=O) groups is 4. The SMILES string of the molecule is COC(=O)[C@H](Cc1ccc(OC(=O)CC(C)(C)C)c(OC(=O)CC(C)(C)C)c1)NC(=O)C1([NH3+])CCCCC1.[Cl-]. The first kappa shape index (κ1) is 34.4. The molecule has 0 saturated heterocycles. The van der Waals surface area contributed by atoms with Gasteiger partial charge in [0.25, 0.3) is 5.91 Å². The van der Waals surface area contributed by atoms with Gasteiger partial charge in [0, 0.05) is 19.3 Å². The van der Waals surface area contributed by atoms with E-state index in [0.717, 1.165) is 19.3 Å². The van der Waals surface area contributed by atoms with Crippen LogP contribution in [0.1, 0.15) is 92.1 Å². The van der Waals surface area contributed by atoms with Gasteiger partial charge in [-0.25, -0.2) is 4.79 Å². The van der Waals surface area contributed by atoms with E-state index in [-0.39, 0.29) is 59.9 Å². The summed E-state index contributed by atoms with van der Waals surface area (Å²) in [4.78, 5) is 50.8. The third-order valence-corrected chi connectivity index (χ3v) is 6.33. The van der Waals surface area contributed by atoms with E-state index in [1.807, 2.05) is 41.5 Å². The molecule has 0 spiro atoms. The largest absolute Gasteiger partial charge is 1.00 e. The van der Waals surface area contributed by atoms with E-state index in [1.165, 1.54) is 13.2 Å². The lowest BCUT2D eigenvalue weighted by atomic mass is 9.81. The highest BCUT2D eigenvalue weighted by Crippen LogP contribution is 2.32. The normalized spacial score (nSPS) is 15.8. The molecule has 0 bridgehead atoms. The second kappa shape index (κ2) is 14.1. The molecule has 1 aliphatic rings. The van der Waals surface area contributed by atoms with Gasteiger partial charge in [0.1, 0.15) is 6.04 Å². The van der Waals surface area contributed by atoms with Crippen LogP contribution < -0.4 is 32.9 Å². The number of nitrogens with one attached hydrogen (secondary N) is 1. The first-order chi connectivity index (χ1) is 17.5. The lowest BCUT2D eigenvalue weighted by molar-refractivity contribution is -0.464. The number of amides is 1. The summed E-state index contributed by atoms with van der Waals surface area (Å²) < 4.78 is 16.1. The van der Waals surface area contributed by atoms with Crippen LogP contribution in [0.25, 0.3) is 0 Å². The Kier molecular flexibility index (Phi) is 12.4. The Balaban J connectivity index is 0.00000760. The molecule has 1 aromatic rings. The van der Waals surface area contributed by atoms with E-state index in [1.54, 1.807) is 12.1 Å². The lowest BCUT2D eigenvalue weighted by Crippen LogP contribution is -3.00. The summed E-state index contributed by atoms with van der Waals surface area (Å²) in [6.45, 7) is 11.5. The summed E-state index contributed by atoms with van der Waals surface area (Å²) in [7, 11) is 1.26. The van der Waals surface area contributed by atoms with Crippen LogP contribution in [0.2, 0.25) is 0 Å². The van der Waals surface area contributed by atoms with Gasteiger partial charge in [-0.15, -0.1) is 0 Å². The average molecular weight is 569 g/mol. The highest BCUT2D eigenvalue weighted by Gasteiger charge is 2.41. The number of ether oxygens (including phenoxy) is 3. The molecule has 2 rings (SSSR count). The second-order valence-corrected chi connectivity index (χ2v) is 12.8. The molecule has 0 aliphatic heterocycles. The average Bonchev–Trinajstić information content (AvgIpc) is 2.77. The molecule has 10 heteroatoms. The van der Waals surface area contributed by atoms with Crippen LogP contribution in [0, 0.1) is 10.8 Å². The molecular weight excluding hydrogens is 524 g/mol. The van der Waals surface area contributed by atoms with Gasteiger partial charge in [0.2, 0.25) is 0 Å². The quantitative estimate of drug-likeness (QED) is 0.327. The van der Waals surface area contributed by atoms with Crippen LogP contribution in [0.15, 0.2) is 18.2 Å². The van der Waals surface area contributed by atoms with Crippen LogP contribution in [0.3, 0.4) is 0 Å². The van der Waals surface area contributed by atoms with Gasteiger partial charge < -0.3 is 37.7 Å². The van der Waals surface area contributed by atoms with Gasteiger partial charge >= 0.3 is 17.9 Å². The summed E-state index contributed by atoms with van der Waals surface area (Å²) in [6.07, 6.45) is 4.64. The molecule has 0 heterocycles. The second-order valence-electron chi connectivity index (χ2n) is 12.8. The van der Waals surface area contributed by atoms with E-state index < -0.39 is 29.5 Å². The van der Waals surface area contributed by atoms with Gasteiger partial charge in [-0.2, -0.15) is 0 Å². The van der Waals surface area contributed by atoms with E-state index in [0.29, 0.717) is 18.4 Å². The molecule has 220 valence electrons. The Labute approximate surface area is 238 Å². The van der Waals surface area contributed by atoms with Crippen molar-refractivity contribution in [1.82, 2.24) is 5.32 Å². The molecule has 0 radical (unpaired) electrons.